The van der Waals surface area contributed by atoms with Crippen molar-refractivity contribution in [3.63, 3.8) is 0 Å². The Hall–Kier alpha value is -2.39. The van der Waals surface area contributed by atoms with E-state index in [-0.39, 0.29) is 5.57 Å². The van der Waals surface area contributed by atoms with Gasteiger partial charge in [0.05, 0.1) is 5.57 Å². The Balaban J connectivity index is 2.03. The van der Waals surface area contributed by atoms with E-state index in [1.165, 1.54) is 0 Å². The molecule has 2 N–H and O–H groups in total. The van der Waals surface area contributed by atoms with E-state index >= 15 is 0 Å². The largest absolute Gasteiger partial charge is 0.478 e. The second-order valence-electron chi connectivity index (χ2n) is 5.43. The molecule has 0 spiro atoms. The molecule has 2 aromatic rings. The average Bonchev–Trinajstić information content (AvgIpc) is 2.47. The van der Waals surface area contributed by atoms with Gasteiger partial charge in [0, 0.05) is 12.8 Å². The van der Waals surface area contributed by atoms with E-state index in [0.717, 1.165) is 16.7 Å². The topological polar surface area (TPSA) is 57.5 Å². The van der Waals surface area contributed by atoms with E-state index < -0.39 is 11.6 Å². The molecule has 0 heterocycles. The number of aliphatic hydroxyl groups is 1. The molecule has 0 aliphatic heterocycles. The highest BCUT2D eigenvalue weighted by Gasteiger charge is 2.39. The zero-order valence-corrected chi connectivity index (χ0v) is 11.5. The second-order valence-corrected chi connectivity index (χ2v) is 5.43. The lowest BCUT2D eigenvalue weighted by Gasteiger charge is -2.33. The molecular weight excluding hydrogens is 264 g/mol. The van der Waals surface area contributed by atoms with Gasteiger partial charge in [0.15, 0.2) is 0 Å². The zero-order chi connectivity index (χ0) is 14.9. The summed E-state index contributed by atoms with van der Waals surface area (Å²) in [6.07, 6.45) is 2.20. The number of hydrogen-bond acceptors (Lipinski definition) is 2. The normalized spacial score (nSPS) is 20.5. The van der Waals surface area contributed by atoms with Crippen LogP contribution in [-0.2, 0) is 17.6 Å². The van der Waals surface area contributed by atoms with E-state index in [9.17, 15) is 15.0 Å². The first-order valence-electron chi connectivity index (χ1n) is 6.88. The predicted molar refractivity (Wildman–Crippen MR) is 80.9 cm³/mol. The Morgan fingerprint density at radius 3 is 2.43 bits per heavy atom. The maximum absolute atomic E-state index is 11.5. The highest BCUT2D eigenvalue weighted by molar-refractivity contribution is 5.95. The molecule has 2 aromatic carbocycles. The molecule has 0 radical (unpaired) electrons. The predicted octanol–water partition coefficient (Wildman–Crippen LogP) is 2.68. The highest BCUT2D eigenvalue weighted by Crippen LogP contribution is 2.34. The van der Waals surface area contributed by atoms with Crippen molar-refractivity contribution in [2.75, 3.05) is 0 Å². The Labute approximate surface area is 123 Å². The van der Waals surface area contributed by atoms with E-state index in [2.05, 4.69) is 0 Å². The van der Waals surface area contributed by atoms with Gasteiger partial charge < -0.3 is 10.2 Å². The van der Waals surface area contributed by atoms with Crippen LogP contribution in [0, 0.1) is 0 Å². The maximum atomic E-state index is 11.5. The SMILES string of the molecule is O=C(O)C1=Cc2ccccc2CC1(O)Cc1ccccc1. The quantitative estimate of drug-likeness (QED) is 0.908. The van der Waals surface area contributed by atoms with Gasteiger partial charge in [-0.2, -0.15) is 0 Å². The van der Waals surface area contributed by atoms with Crippen LogP contribution in [0.25, 0.3) is 6.08 Å². The Bertz CT molecular complexity index is 703. The van der Waals surface area contributed by atoms with Crippen molar-refractivity contribution in [2.45, 2.75) is 18.4 Å². The summed E-state index contributed by atoms with van der Waals surface area (Å²) in [5.74, 6) is -1.07. The molecule has 0 bridgehead atoms. The second kappa shape index (κ2) is 5.19. The van der Waals surface area contributed by atoms with Gasteiger partial charge in [-0.25, -0.2) is 4.79 Å². The van der Waals surface area contributed by atoms with Crippen molar-refractivity contribution in [1.82, 2.24) is 0 Å². The maximum Gasteiger partial charge on any atom is 0.334 e. The van der Waals surface area contributed by atoms with Crippen LogP contribution < -0.4 is 0 Å². The first-order chi connectivity index (χ1) is 10.1. The molecule has 3 rings (SSSR count). The molecule has 0 saturated carbocycles. The van der Waals surface area contributed by atoms with Gasteiger partial charge in [0.1, 0.15) is 5.60 Å². The summed E-state index contributed by atoms with van der Waals surface area (Å²) in [6.45, 7) is 0. The first kappa shape index (κ1) is 13.6. The number of rotatable bonds is 3. The van der Waals surface area contributed by atoms with Gasteiger partial charge in [0.25, 0.3) is 0 Å². The fourth-order valence-corrected chi connectivity index (χ4v) is 2.89. The number of carboxylic acids is 1. The monoisotopic (exact) mass is 280 g/mol. The van der Waals surface area contributed by atoms with Crippen molar-refractivity contribution in [3.05, 3.63) is 76.9 Å². The molecule has 1 aliphatic carbocycles. The van der Waals surface area contributed by atoms with Crippen molar-refractivity contribution in [2.24, 2.45) is 0 Å². The van der Waals surface area contributed by atoms with Crippen molar-refractivity contribution in [3.8, 4) is 0 Å². The number of aliphatic carboxylic acids is 1. The Morgan fingerprint density at radius 2 is 1.71 bits per heavy atom. The summed E-state index contributed by atoms with van der Waals surface area (Å²) in [6, 6.07) is 17.1. The summed E-state index contributed by atoms with van der Waals surface area (Å²) in [5.41, 5.74) is 1.45. The Morgan fingerprint density at radius 1 is 1.05 bits per heavy atom. The van der Waals surface area contributed by atoms with Crippen LogP contribution in [-0.4, -0.2) is 21.8 Å². The fraction of sp³-hybridized carbons (Fsp3) is 0.167. The standard InChI is InChI=1S/C18H16O3/c19-17(20)16-10-14-8-4-5-9-15(14)12-18(16,21)11-13-6-2-1-3-7-13/h1-10,21H,11-12H2,(H,19,20). The summed E-state index contributed by atoms with van der Waals surface area (Å²) in [7, 11) is 0. The molecule has 21 heavy (non-hydrogen) atoms. The number of hydrogen-bond donors (Lipinski definition) is 2. The number of carbonyl (C=O) groups is 1. The van der Waals surface area contributed by atoms with E-state index in [1.807, 2.05) is 54.6 Å². The van der Waals surface area contributed by atoms with Gasteiger partial charge in [0.2, 0.25) is 0 Å². The summed E-state index contributed by atoms with van der Waals surface area (Å²) < 4.78 is 0. The number of fused-ring (bicyclic) bond motifs is 1. The third kappa shape index (κ3) is 2.60. The molecule has 3 nitrogen and oxygen atoms in total. The molecule has 0 fully saturated rings. The molecule has 0 saturated heterocycles. The molecule has 0 aromatic heterocycles. The molecular formula is C18H16O3. The van der Waals surface area contributed by atoms with Crippen molar-refractivity contribution in [1.29, 1.82) is 0 Å². The number of carboxylic acid groups (broad SMARTS) is 1. The average molecular weight is 280 g/mol. The molecule has 1 aliphatic rings. The van der Waals surface area contributed by atoms with Crippen LogP contribution in [0.1, 0.15) is 16.7 Å². The zero-order valence-electron chi connectivity index (χ0n) is 11.5. The molecule has 3 heteroatoms. The van der Waals surface area contributed by atoms with Crippen molar-refractivity contribution >= 4 is 12.0 Å². The lowest BCUT2D eigenvalue weighted by atomic mass is 9.76. The summed E-state index contributed by atoms with van der Waals surface area (Å²) in [5, 5.41) is 20.4. The van der Waals surface area contributed by atoms with Crippen molar-refractivity contribution < 1.29 is 15.0 Å². The lowest BCUT2D eigenvalue weighted by Crippen LogP contribution is -2.41. The summed E-state index contributed by atoms with van der Waals surface area (Å²) >= 11 is 0. The smallest absolute Gasteiger partial charge is 0.334 e. The van der Waals surface area contributed by atoms with Gasteiger partial charge in [-0.3, -0.25) is 0 Å². The van der Waals surface area contributed by atoms with Crippen LogP contribution in [0.15, 0.2) is 60.2 Å². The van der Waals surface area contributed by atoms with E-state index in [1.54, 1.807) is 6.08 Å². The molecule has 0 amide bonds. The summed E-state index contributed by atoms with van der Waals surface area (Å²) in [4.78, 5) is 11.5. The third-order valence-corrected chi connectivity index (χ3v) is 3.91. The van der Waals surface area contributed by atoms with Gasteiger partial charge in [-0.15, -0.1) is 0 Å². The molecule has 1 atom stereocenters. The lowest BCUT2D eigenvalue weighted by molar-refractivity contribution is -0.135. The van der Waals surface area contributed by atoms with E-state index in [4.69, 9.17) is 0 Å². The minimum atomic E-state index is -1.37. The highest BCUT2D eigenvalue weighted by atomic mass is 16.4. The first-order valence-corrected chi connectivity index (χ1v) is 6.88. The molecule has 1 unspecified atom stereocenters. The van der Waals surface area contributed by atoms with Crippen LogP contribution in [0.5, 0.6) is 0 Å². The third-order valence-electron chi connectivity index (χ3n) is 3.91. The Kier molecular flexibility index (Phi) is 3.35. The minimum absolute atomic E-state index is 0.0602. The van der Waals surface area contributed by atoms with Gasteiger partial charge >= 0.3 is 5.97 Å². The van der Waals surface area contributed by atoms with E-state index in [0.29, 0.717) is 12.8 Å². The number of benzene rings is 2. The van der Waals surface area contributed by atoms with Crippen LogP contribution in [0.4, 0.5) is 0 Å². The van der Waals surface area contributed by atoms with Gasteiger partial charge in [-0.1, -0.05) is 54.6 Å². The minimum Gasteiger partial charge on any atom is -0.478 e. The van der Waals surface area contributed by atoms with Gasteiger partial charge in [-0.05, 0) is 22.8 Å². The van der Waals surface area contributed by atoms with Crippen LogP contribution >= 0.6 is 0 Å². The van der Waals surface area contributed by atoms with Crippen LogP contribution in [0.2, 0.25) is 0 Å². The molecule has 106 valence electrons. The fourth-order valence-electron chi connectivity index (χ4n) is 2.89. The van der Waals surface area contributed by atoms with Crippen LogP contribution in [0.3, 0.4) is 0 Å².